The topological polar surface area (TPSA) is 88.5 Å². The Morgan fingerprint density at radius 1 is 1.37 bits per heavy atom. The molecule has 0 fully saturated rings. The molecule has 1 aromatic carbocycles. The molecule has 2 heterocycles. The minimum atomic E-state index is -0.547. The van der Waals surface area contributed by atoms with Crippen LogP contribution in [0, 0.1) is 31.0 Å². The van der Waals surface area contributed by atoms with Gasteiger partial charge in [-0.1, -0.05) is 12.1 Å². The van der Waals surface area contributed by atoms with Crippen molar-refractivity contribution in [3.8, 4) is 6.07 Å². The summed E-state index contributed by atoms with van der Waals surface area (Å²) in [6.07, 6.45) is 4.63. The average Bonchev–Trinajstić information content (AvgIpc) is 3.25. The van der Waals surface area contributed by atoms with Crippen LogP contribution >= 0.6 is 0 Å². The van der Waals surface area contributed by atoms with E-state index in [0.717, 1.165) is 17.0 Å². The predicted octanol–water partition coefficient (Wildman–Crippen LogP) is 3.12. The molecule has 0 saturated heterocycles. The number of aryl methyl sites for hydroxylation is 3. The van der Waals surface area contributed by atoms with Crippen molar-refractivity contribution in [2.75, 3.05) is 0 Å². The number of amides is 1. The third-order valence-electron chi connectivity index (χ3n) is 5.17. The molecule has 0 saturated carbocycles. The quantitative estimate of drug-likeness (QED) is 0.620. The Morgan fingerprint density at radius 3 is 2.83 bits per heavy atom. The fourth-order valence-electron chi connectivity index (χ4n) is 3.58. The first-order chi connectivity index (χ1) is 14.4. The molecule has 156 valence electrons. The highest BCUT2D eigenvalue weighted by atomic mass is 19.1. The number of hydrogen-bond acceptors (Lipinski definition) is 4. The average molecular weight is 408 g/mol. The van der Waals surface area contributed by atoms with Crippen molar-refractivity contribution >= 4 is 5.91 Å². The zero-order valence-corrected chi connectivity index (χ0v) is 17.4. The highest BCUT2D eigenvalue weighted by Gasteiger charge is 2.22. The van der Waals surface area contributed by atoms with E-state index in [1.54, 1.807) is 24.5 Å². The third kappa shape index (κ3) is 4.74. The normalized spacial score (nSPS) is 11.8. The number of imidazole rings is 1. The van der Waals surface area contributed by atoms with Crippen molar-refractivity contribution in [2.24, 2.45) is 7.05 Å². The van der Waals surface area contributed by atoms with Crippen LogP contribution in [-0.2, 0) is 24.8 Å². The van der Waals surface area contributed by atoms with Crippen LogP contribution in [0.1, 0.15) is 47.2 Å². The van der Waals surface area contributed by atoms with Crippen LogP contribution in [0.2, 0.25) is 0 Å². The van der Waals surface area contributed by atoms with Gasteiger partial charge in [0.2, 0.25) is 5.91 Å². The molecule has 8 heteroatoms. The van der Waals surface area contributed by atoms with Crippen molar-refractivity contribution in [1.82, 2.24) is 24.6 Å². The molecule has 2 aromatic heterocycles. The molecule has 1 N–H and O–H groups in total. The second-order valence-corrected chi connectivity index (χ2v) is 7.23. The zero-order chi connectivity index (χ0) is 21.7. The summed E-state index contributed by atoms with van der Waals surface area (Å²) >= 11 is 0. The summed E-state index contributed by atoms with van der Waals surface area (Å²) in [7, 11) is 1.84. The summed E-state index contributed by atoms with van der Waals surface area (Å²) in [4.78, 5) is 17.1. The number of nitriles is 1. The molecule has 7 nitrogen and oxygen atoms in total. The van der Waals surface area contributed by atoms with E-state index in [2.05, 4.69) is 21.5 Å². The molecule has 1 unspecified atom stereocenters. The Morgan fingerprint density at radius 2 is 2.17 bits per heavy atom. The van der Waals surface area contributed by atoms with E-state index in [0.29, 0.717) is 30.8 Å². The third-order valence-corrected chi connectivity index (χ3v) is 5.17. The largest absolute Gasteiger partial charge is 0.342 e. The molecular weight excluding hydrogens is 383 g/mol. The molecule has 0 aliphatic carbocycles. The maximum Gasteiger partial charge on any atom is 0.221 e. The van der Waals surface area contributed by atoms with Gasteiger partial charge >= 0.3 is 0 Å². The molecular formula is C22H25FN6O. The molecule has 0 spiro atoms. The highest BCUT2D eigenvalue weighted by Crippen LogP contribution is 2.22. The van der Waals surface area contributed by atoms with E-state index in [1.807, 2.05) is 30.1 Å². The summed E-state index contributed by atoms with van der Waals surface area (Å²) in [5.41, 5.74) is 3.49. The van der Waals surface area contributed by atoms with Crippen LogP contribution in [0.3, 0.4) is 0 Å². The van der Waals surface area contributed by atoms with E-state index >= 15 is 0 Å². The summed E-state index contributed by atoms with van der Waals surface area (Å²) in [5.74, 6) is 0.110. The summed E-state index contributed by atoms with van der Waals surface area (Å²) in [5, 5.41) is 16.3. The number of carbonyl (C=O) groups is 1. The molecule has 0 aliphatic heterocycles. The van der Waals surface area contributed by atoms with E-state index in [-0.39, 0.29) is 18.1 Å². The van der Waals surface area contributed by atoms with Crippen LogP contribution in [0.15, 0.2) is 36.7 Å². The van der Waals surface area contributed by atoms with E-state index in [4.69, 9.17) is 5.26 Å². The molecule has 1 atom stereocenters. The van der Waals surface area contributed by atoms with Crippen LogP contribution in [0.5, 0.6) is 0 Å². The minimum Gasteiger partial charge on any atom is -0.342 e. The number of benzene rings is 1. The monoisotopic (exact) mass is 408 g/mol. The maximum atomic E-state index is 13.8. The Labute approximate surface area is 175 Å². The van der Waals surface area contributed by atoms with Crippen LogP contribution in [-0.4, -0.2) is 25.2 Å². The number of hydrogen-bond donors (Lipinski definition) is 1. The van der Waals surface area contributed by atoms with Crippen molar-refractivity contribution in [3.05, 3.63) is 70.8 Å². The van der Waals surface area contributed by atoms with Gasteiger partial charge in [0.15, 0.2) is 0 Å². The Bertz CT molecular complexity index is 1080. The molecule has 0 bridgehead atoms. The molecule has 0 aliphatic rings. The van der Waals surface area contributed by atoms with Crippen LogP contribution in [0.25, 0.3) is 0 Å². The Kier molecular flexibility index (Phi) is 6.62. The number of aromatic nitrogens is 4. The molecule has 3 aromatic rings. The first kappa shape index (κ1) is 21.2. The van der Waals surface area contributed by atoms with Gasteiger partial charge < -0.3 is 9.88 Å². The minimum absolute atomic E-state index is 0.157. The lowest BCUT2D eigenvalue weighted by atomic mass is 10.0. The van der Waals surface area contributed by atoms with Crippen molar-refractivity contribution in [3.63, 3.8) is 0 Å². The molecule has 3 rings (SSSR count). The fraction of sp³-hybridized carbons (Fsp3) is 0.364. The van der Waals surface area contributed by atoms with Gasteiger partial charge in [-0.2, -0.15) is 10.4 Å². The maximum absolute atomic E-state index is 13.8. The predicted molar refractivity (Wildman–Crippen MR) is 110 cm³/mol. The second-order valence-electron chi connectivity index (χ2n) is 7.23. The standard InChI is InChI=1S/C22H25FN6O/c1-15-19(16(2)29(27-15)12-5-10-24)8-9-20(30)26-21(22-25-11-13-28(22)3)17-6-4-7-18(23)14-17/h4,6-7,11,13-14,21H,5,8-9,12H2,1-3H3,(H,26,30). The smallest absolute Gasteiger partial charge is 0.221 e. The number of rotatable bonds is 8. The lowest BCUT2D eigenvalue weighted by Crippen LogP contribution is -2.31. The molecule has 30 heavy (non-hydrogen) atoms. The van der Waals surface area contributed by atoms with Gasteiger partial charge in [-0.3, -0.25) is 9.48 Å². The zero-order valence-electron chi connectivity index (χ0n) is 17.4. The summed E-state index contributed by atoms with van der Waals surface area (Å²) < 4.78 is 17.4. The van der Waals surface area contributed by atoms with E-state index < -0.39 is 6.04 Å². The van der Waals surface area contributed by atoms with Crippen LogP contribution < -0.4 is 5.32 Å². The van der Waals surface area contributed by atoms with E-state index in [1.165, 1.54) is 12.1 Å². The van der Waals surface area contributed by atoms with Gasteiger partial charge in [-0.25, -0.2) is 9.37 Å². The number of carbonyl (C=O) groups excluding carboxylic acids is 1. The van der Waals surface area contributed by atoms with Crippen molar-refractivity contribution in [1.29, 1.82) is 5.26 Å². The number of nitrogens with zero attached hydrogens (tertiary/aromatic N) is 5. The highest BCUT2D eigenvalue weighted by molar-refractivity contribution is 5.77. The van der Waals surface area contributed by atoms with Gasteiger partial charge in [0.25, 0.3) is 0 Å². The SMILES string of the molecule is Cc1nn(CCC#N)c(C)c1CCC(=O)NC(c1cccc(F)c1)c1nccn1C. The van der Waals surface area contributed by atoms with Crippen molar-refractivity contribution in [2.45, 2.75) is 45.7 Å². The Balaban J connectivity index is 1.74. The Hall–Kier alpha value is -3.47. The van der Waals surface area contributed by atoms with Gasteiger partial charge in [0, 0.05) is 31.6 Å². The summed E-state index contributed by atoms with van der Waals surface area (Å²) in [6.45, 7) is 4.40. The number of nitrogens with one attached hydrogen (secondary N) is 1. The molecule has 0 radical (unpaired) electrons. The van der Waals surface area contributed by atoms with Gasteiger partial charge in [0.1, 0.15) is 17.7 Å². The van der Waals surface area contributed by atoms with Crippen molar-refractivity contribution < 1.29 is 9.18 Å². The second kappa shape index (κ2) is 9.35. The number of halogens is 1. The molecule has 1 amide bonds. The lowest BCUT2D eigenvalue weighted by molar-refractivity contribution is -0.121. The fourth-order valence-corrected chi connectivity index (χ4v) is 3.58. The lowest BCUT2D eigenvalue weighted by Gasteiger charge is -2.19. The van der Waals surface area contributed by atoms with Gasteiger partial charge in [-0.05, 0) is 43.5 Å². The first-order valence-corrected chi connectivity index (χ1v) is 9.82. The summed E-state index contributed by atoms with van der Waals surface area (Å²) in [6, 6.07) is 7.75. The van der Waals surface area contributed by atoms with Gasteiger partial charge in [0.05, 0.1) is 24.7 Å². The van der Waals surface area contributed by atoms with E-state index in [9.17, 15) is 9.18 Å². The first-order valence-electron chi connectivity index (χ1n) is 9.82. The van der Waals surface area contributed by atoms with Gasteiger partial charge in [-0.15, -0.1) is 0 Å². The van der Waals surface area contributed by atoms with Crippen LogP contribution in [0.4, 0.5) is 4.39 Å².